The van der Waals surface area contributed by atoms with E-state index in [0.29, 0.717) is 6.29 Å². The molecule has 0 N–H and O–H groups in total. The van der Waals surface area contributed by atoms with Gasteiger partial charge in [0.2, 0.25) is 5.75 Å². The number of nitrogens with zero attached hydrogens (tertiary/aromatic N) is 1. The summed E-state index contributed by atoms with van der Waals surface area (Å²) >= 11 is 0. The van der Waals surface area contributed by atoms with Crippen molar-refractivity contribution in [3.63, 3.8) is 0 Å². The Morgan fingerprint density at radius 1 is 1.47 bits per heavy atom. The first kappa shape index (κ1) is 14.6. The number of esters is 1. The number of ether oxygens (including phenoxy) is 2. The highest BCUT2D eigenvalue weighted by Gasteiger charge is 2.22. The standard InChI is InChI=1S/C12H13NO6/c1-3-19-11(15)6-9-4-8(7-14)5-10(13(16)17)12(9)18-2/h4-5,7H,3,6H2,1-2H3. The molecule has 19 heavy (non-hydrogen) atoms. The number of aldehydes is 1. The summed E-state index contributed by atoms with van der Waals surface area (Å²) in [6, 6.07) is 2.47. The van der Waals surface area contributed by atoms with Gasteiger partial charge in [0.25, 0.3) is 0 Å². The van der Waals surface area contributed by atoms with E-state index in [1.807, 2.05) is 0 Å². The molecule has 0 amide bonds. The largest absolute Gasteiger partial charge is 0.490 e. The summed E-state index contributed by atoms with van der Waals surface area (Å²) in [6.45, 7) is 1.86. The molecule has 0 saturated heterocycles. The third-order valence-electron chi connectivity index (χ3n) is 2.35. The van der Waals surface area contributed by atoms with E-state index in [4.69, 9.17) is 9.47 Å². The molecule has 0 saturated carbocycles. The van der Waals surface area contributed by atoms with E-state index in [-0.39, 0.29) is 35.6 Å². The maximum Gasteiger partial charge on any atom is 0.311 e. The topological polar surface area (TPSA) is 95.7 Å². The molecule has 7 nitrogen and oxygen atoms in total. The zero-order valence-electron chi connectivity index (χ0n) is 10.5. The molecule has 0 aliphatic carbocycles. The Hall–Kier alpha value is -2.44. The predicted octanol–water partition coefficient (Wildman–Crippen LogP) is 1.52. The summed E-state index contributed by atoms with van der Waals surface area (Å²) in [7, 11) is 1.26. The molecular formula is C12H13NO6. The summed E-state index contributed by atoms with van der Waals surface area (Å²) in [4.78, 5) is 32.4. The normalized spacial score (nSPS) is 9.79. The van der Waals surface area contributed by atoms with E-state index >= 15 is 0 Å². The van der Waals surface area contributed by atoms with Crippen molar-refractivity contribution in [3.05, 3.63) is 33.4 Å². The Bertz CT molecular complexity index is 511. The van der Waals surface area contributed by atoms with Crippen molar-refractivity contribution in [1.82, 2.24) is 0 Å². The van der Waals surface area contributed by atoms with Gasteiger partial charge in [-0.15, -0.1) is 0 Å². The quantitative estimate of drug-likeness (QED) is 0.335. The molecule has 0 bridgehead atoms. The second-order valence-electron chi connectivity index (χ2n) is 3.59. The third kappa shape index (κ3) is 3.51. The molecule has 0 aliphatic rings. The van der Waals surface area contributed by atoms with Crippen LogP contribution in [0.25, 0.3) is 0 Å². The second kappa shape index (κ2) is 6.48. The summed E-state index contributed by atoms with van der Waals surface area (Å²) in [5, 5.41) is 10.9. The van der Waals surface area contributed by atoms with Gasteiger partial charge in [0, 0.05) is 17.2 Å². The molecule has 1 aromatic rings. The average molecular weight is 267 g/mol. The van der Waals surface area contributed by atoms with Gasteiger partial charge in [-0.25, -0.2) is 0 Å². The van der Waals surface area contributed by atoms with E-state index in [9.17, 15) is 19.7 Å². The first-order valence-corrected chi connectivity index (χ1v) is 5.49. The van der Waals surface area contributed by atoms with Crippen LogP contribution in [0.1, 0.15) is 22.8 Å². The van der Waals surface area contributed by atoms with Crippen LogP contribution in [-0.2, 0) is 16.0 Å². The maximum atomic E-state index is 11.4. The molecule has 0 unspecified atom stereocenters. The van der Waals surface area contributed by atoms with Gasteiger partial charge in [-0.2, -0.15) is 0 Å². The number of rotatable bonds is 6. The van der Waals surface area contributed by atoms with Crippen molar-refractivity contribution < 1.29 is 24.0 Å². The smallest absolute Gasteiger partial charge is 0.311 e. The van der Waals surface area contributed by atoms with Crippen LogP contribution in [0.15, 0.2) is 12.1 Å². The van der Waals surface area contributed by atoms with E-state index in [2.05, 4.69) is 0 Å². The fraction of sp³-hybridized carbons (Fsp3) is 0.333. The van der Waals surface area contributed by atoms with Gasteiger partial charge in [-0.1, -0.05) is 0 Å². The lowest BCUT2D eigenvalue weighted by atomic mass is 10.1. The molecule has 0 fully saturated rings. The number of nitro benzene ring substituents is 1. The van der Waals surface area contributed by atoms with E-state index in [1.54, 1.807) is 6.92 Å². The van der Waals surface area contributed by atoms with Crippen molar-refractivity contribution in [3.8, 4) is 5.75 Å². The Labute approximate surface area is 109 Å². The fourth-order valence-corrected chi connectivity index (χ4v) is 1.63. The van der Waals surface area contributed by atoms with Crippen molar-refractivity contribution in [2.75, 3.05) is 13.7 Å². The van der Waals surface area contributed by atoms with Crippen LogP contribution < -0.4 is 4.74 Å². The number of hydrogen-bond acceptors (Lipinski definition) is 6. The summed E-state index contributed by atoms with van der Waals surface area (Å²) in [5.41, 5.74) is -0.00422. The Balaban J connectivity index is 3.27. The highest BCUT2D eigenvalue weighted by molar-refractivity contribution is 5.81. The minimum absolute atomic E-state index is 0.0383. The second-order valence-corrected chi connectivity index (χ2v) is 3.59. The SMILES string of the molecule is CCOC(=O)Cc1cc(C=O)cc([N+](=O)[O-])c1OC. The Morgan fingerprint density at radius 2 is 2.16 bits per heavy atom. The van der Waals surface area contributed by atoms with E-state index in [1.165, 1.54) is 13.2 Å². The lowest BCUT2D eigenvalue weighted by Gasteiger charge is -2.09. The molecule has 0 heterocycles. The molecule has 1 aromatic carbocycles. The molecule has 0 spiro atoms. The van der Waals surface area contributed by atoms with Gasteiger partial charge in [0.15, 0.2) is 0 Å². The van der Waals surface area contributed by atoms with Crippen LogP contribution >= 0.6 is 0 Å². The molecule has 102 valence electrons. The molecule has 0 aromatic heterocycles. The van der Waals surface area contributed by atoms with Gasteiger partial charge >= 0.3 is 11.7 Å². The van der Waals surface area contributed by atoms with Crippen LogP contribution in [0.5, 0.6) is 5.75 Å². The summed E-state index contributed by atoms with van der Waals surface area (Å²) < 4.78 is 9.72. The van der Waals surface area contributed by atoms with Crippen LogP contribution in [0, 0.1) is 10.1 Å². The lowest BCUT2D eigenvalue weighted by Crippen LogP contribution is -2.10. The number of methoxy groups -OCH3 is 1. The molecular weight excluding hydrogens is 254 g/mol. The minimum Gasteiger partial charge on any atom is -0.490 e. The van der Waals surface area contributed by atoms with Crippen molar-refractivity contribution >= 4 is 17.9 Å². The summed E-state index contributed by atoms with van der Waals surface area (Å²) in [6.07, 6.45) is 0.278. The Morgan fingerprint density at radius 3 is 2.63 bits per heavy atom. The van der Waals surface area contributed by atoms with Crippen molar-refractivity contribution in [1.29, 1.82) is 0 Å². The monoisotopic (exact) mass is 267 g/mol. The van der Waals surface area contributed by atoms with Crippen LogP contribution in [-0.4, -0.2) is 30.9 Å². The van der Waals surface area contributed by atoms with E-state index < -0.39 is 10.9 Å². The van der Waals surface area contributed by atoms with Crippen molar-refractivity contribution in [2.24, 2.45) is 0 Å². The fourth-order valence-electron chi connectivity index (χ4n) is 1.63. The molecule has 0 radical (unpaired) electrons. The van der Waals surface area contributed by atoms with Gasteiger partial charge < -0.3 is 9.47 Å². The first-order chi connectivity index (χ1) is 9.03. The van der Waals surface area contributed by atoms with Gasteiger partial charge in [0.05, 0.1) is 25.1 Å². The number of hydrogen-bond donors (Lipinski definition) is 0. The summed E-state index contributed by atoms with van der Waals surface area (Å²) in [5.74, 6) is -0.582. The first-order valence-electron chi connectivity index (χ1n) is 5.49. The van der Waals surface area contributed by atoms with Gasteiger partial charge in [0.1, 0.15) is 6.29 Å². The molecule has 7 heteroatoms. The highest BCUT2D eigenvalue weighted by Crippen LogP contribution is 2.32. The lowest BCUT2D eigenvalue weighted by molar-refractivity contribution is -0.385. The molecule has 0 atom stereocenters. The van der Waals surface area contributed by atoms with Crippen LogP contribution in [0.3, 0.4) is 0 Å². The Kier molecular flexibility index (Phi) is 4.99. The minimum atomic E-state index is -0.666. The predicted molar refractivity (Wildman–Crippen MR) is 65.4 cm³/mol. The van der Waals surface area contributed by atoms with E-state index in [0.717, 1.165) is 6.07 Å². The third-order valence-corrected chi connectivity index (χ3v) is 2.35. The highest BCUT2D eigenvalue weighted by atomic mass is 16.6. The zero-order valence-corrected chi connectivity index (χ0v) is 10.5. The zero-order chi connectivity index (χ0) is 14.4. The number of nitro groups is 1. The maximum absolute atomic E-state index is 11.4. The number of carbonyl (C=O) groups excluding carboxylic acids is 2. The number of carbonyl (C=O) groups is 2. The van der Waals surface area contributed by atoms with Gasteiger partial charge in [-0.05, 0) is 13.0 Å². The van der Waals surface area contributed by atoms with Crippen LogP contribution in [0.4, 0.5) is 5.69 Å². The number of benzene rings is 1. The molecule has 1 rings (SSSR count). The average Bonchev–Trinajstić information content (AvgIpc) is 2.37. The van der Waals surface area contributed by atoms with Crippen LogP contribution in [0.2, 0.25) is 0 Å². The molecule has 0 aliphatic heterocycles. The van der Waals surface area contributed by atoms with Gasteiger partial charge in [-0.3, -0.25) is 19.7 Å². The van der Waals surface area contributed by atoms with Crippen molar-refractivity contribution in [2.45, 2.75) is 13.3 Å².